The lowest BCUT2D eigenvalue weighted by molar-refractivity contribution is 0.0763. The topological polar surface area (TPSA) is 46.3 Å². The predicted octanol–water partition coefficient (Wildman–Crippen LogP) is 1.77. The number of nitrogens with zero attached hydrogens (tertiary/aromatic N) is 1. The number of rotatable bonds is 3. The number of hydrogen-bond acceptors (Lipinski definition) is 3. The highest BCUT2D eigenvalue weighted by Crippen LogP contribution is 2.19. The van der Waals surface area contributed by atoms with E-state index in [0.29, 0.717) is 11.8 Å². The second kappa shape index (κ2) is 6.25. The van der Waals surface area contributed by atoms with Gasteiger partial charge in [-0.1, -0.05) is 19.1 Å². The maximum atomic E-state index is 12.3. The van der Waals surface area contributed by atoms with Crippen LogP contribution in [0.15, 0.2) is 24.3 Å². The first-order chi connectivity index (χ1) is 8.70. The second-order valence-corrected chi connectivity index (χ2v) is 6.21. The van der Waals surface area contributed by atoms with Crippen molar-refractivity contribution in [3.63, 3.8) is 0 Å². The summed E-state index contributed by atoms with van der Waals surface area (Å²) < 4.78 is 0. The van der Waals surface area contributed by atoms with E-state index in [-0.39, 0.29) is 5.91 Å². The molecular weight excluding hydrogens is 244 g/mol. The summed E-state index contributed by atoms with van der Waals surface area (Å²) in [5.41, 5.74) is 7.49. The molecular formula is C14H20N2OS. The Labute approximate surface area is 113 Å². The molecule has 18 heavy (non-hydrogen) atoms. The van der Waals surface area contributed by atoms with E-state index >= 15 is 0 Å². The molecule has 1 unspecified atom stereocenters. The molecule has 1 amide bonds. The smallest absolute Gasteiger partial charge is 0.253 e. The van der Waals surface area contributed by atoms with Crippen LogP contribution in [0, 0.1) is 0 Å². The third-order valence-electron chi connectivity index (χ3n) is 3.16. The van der Waals surface area contributed by atoms with Gasteiger partial charge in [-0.3, -0.25) is 4.79 Å². The zero-order chi connectivity index (χ0) is 13.0. The average molecular weight is 264 g/mol. The summed E-state index contributed by atoms with van der Waals surface area (Å²) in [4.78, 5) is 14.3. The Morgan fingerprint density at radius 1 is 1.44 bits per heavy atom. The average Bonchev–Trinajstić information content (AvgIpc) is 2.39. The van der Waals surface area contributed by atoms with E-state index in [4.69, 9.17) is 5.73 Å². The lowest BCUT2D eigenvalue weighted by atomic mass is 10.1. The van der Waals surface area contributed by atoms with Gasteiger partial charge in [0.15, 0.2) is 0 Å². The fourth-order valence-corrected chi connectivity index (χ4v) is 3.18. The standard InChI is InChI=1S/C14H20N2OS/c1-11-10-16(8-9-18-11)14(17)13-4-2-12(3-5-13)6-7-15/h2-5,11H,6-10,15H2,1H3. The van der Waals surface area contributed by atoms with Gasteiger partial charge in [-0.05, 0) is 30.7 Å². The van der Waals surface area contributed by atoms with Crippen LogP contribution in [-0.4, -0.2) is 41.4 Å². The molecule has 1 aliphatic rings. The van der Waals surface area contributed by atoms with Gasteiger partial charge in [0.05, 0.1) is 0 Å². The molecule has 98 valence electrons. The van der Waals surface area contributed by atoms with Crippen molar-refractivity contribution in [1.82, 2.24) is 4.90 Å². The third kappa shape index (κ3) is 3.27. The normalized spacial score (nSPS) is 19.9. The zero-order valence-electron chi connectivity index (χ0n) is 10.8. The van der Waals surface area contributed by atoms with Crippen molar-refractivity contribution in [3.8, 4) is 0 Å². The lowest BCUT2D eigenvalue weighted by Gasteiger charge is -2.30. The number of nitrogens with two attached hydrogens (primary N) is 1. The number of carbonyl (C=O) groups is 1. The van der Waals surface area contributed by atoms with Crippen LogP contribution in [0.1, 0.15) is 22.8 Å². The highest BCUT2D eigenvalue weighted by molar-refractivity contribution is 7.99. The molecule has 0 aromatic heterocycles. The Morgan fingerprint density at radius 3 is 2.78 bits per heavy atom. The van der Waals surface area contributed by atoms with E-state index in [1.165, 1.54) is 5.56 Å². The molecule has 2 N–H and O–H groups in total. The Morgan fingerprint density at radius 2 is 2.17 bits per heavy atom. The third-order valence-corrected chi connectivity index (χ3v) is 4.30. The van der Waals surface area contributed by atoms with Crippen molar-refractivity contribution in [1.29, 1.82) is 0 Å². The maximum Gasteiger partial charge on any atom is 0.253 e. The Kier molecular flexibility index (Phi) is 4.66. The molecule has 2 rings (SSSR count). The van der Waals surface area contributed by atoms with Crippen LogP contribution in [0.5, 0.6) is 0 Å². The summed E-state index contributed by atoms with van der Waals surface area (Å²) in [6.07, 6.45) is 0.867. The van der Waals surface area contributed by atoms with Crippen LogP contribution >= 0.6 is 11.8 Å². The molecule has 0 saturated carbocycles. The monoisotopic (exact) mass is 264 g/mol. The van der Waals surface area contributed by atoms with E-state index in [9.17, 15) is 4.79 Å². The van der Waals surface area contributed by atoms with Crippen molar-refractivity contribution in [2.24, 2.45) is 5.73 Å². The van der Waals surface area contributed by atoms with Gasteiger partial charge in [0.25, 0.3) is 5.91 Å². The number of hydrogen-bond donors (Lipinski definition) is 1. The van der Waals surface area contributed by atoms with Crippen LogP contribution in [0.4, 0.5) is 0 Å². The van der Waals surface area contributed by atoms with Crippen LogP contribution in [0.25, 0.3) is 0 Å². The first kappa shape index (κ1) is 13.4. The minimum absolute atomic E-state index is 0.154. The Balaban J connectivity index is 2.03. The number of carbonyl (C=O) groups excluding carboxylic acids is 1. The minimum Gasteiger partial charge on any atom is -0.337 e. The van der Waals surface area contributed by atoms with Crippen LogP contribution < -0.4 is 5.73 Å². The fraction of sp³-hybridized carbons (Fsp3) is 0.500. The number of benzene rings is 1. The fourth-order valence-electron chi connectivity index (χ4n) is 2.17. The molecule has 0 spiro atoms. The molecule has 1 heterocycles. The summed E-state index contributed by atoms with van der Waals surface area (Å²) in [5.74, 6) is 1.19. The molecule has 1 aromatic carbocycles. The molecule has 0 aliphatic carbocycles. The molecule has 3 nitrogen and oxygen atoms in total. The maximum absolute atomic E-state index is 12.3. The quantitative estimate of drug-likeness (QED) is 0.905. The van der Waals surface area contributed by atoms with Gasteiger partial charge >= 0.3 is 0 Å². The summed E-state index contributed by atoms with van der Waals surface area (Å²) in [7, 11) is 0. The highest BCUT2D eigenvalue weighted by atomic mass is 32.2. The van der Waals surface area contributed by atoms with Crippen LogP contribution in [0.3, 0.4) is 0 Å². The molecule has 1 aromatic rings. The largest absolute Gasteiger partial charge is 0.337 e. The number of thioether (sulfide) groups is 1. The summed E-state index contributed by atoms with van der Waals surface area (Å²) in [5, 5.41) is 0.541. The Hall–Kier alpha value is -1.00. The van der Waals surface area contributed by atoms with Crippen molar-refractivity contribution in [2.45, 2.75) is 18.6 Å². The summed E-state index contributed by atoms with van der Waals surface area (Å²) in [6, 6.07) is 7.84. The van der Waals surface area contributed by atoms with Gasteiger partial charge in [0, 0.05) is 29.7 Å². The van der Waals surface area contributed by atoms with E-state index in [1.54, 1.807) is 0 Å². The molecule has 1 atom stereocenters. The van der Waals surface area contributed by atoms with Crippen molar-refractivity contribution in [3.05, 3.63) is 35.4 Å². The molecule has 1 saturated heterocycles. The van der Waals surface area contributed by atoms with Gasteiger partial charge in [0.1, 0.15) is 0 Å². The van der Waals surface area contributed by atoms with Gasteiger partial charge < -0.3 is 10.6 Å². The zero-order valence-corrected chi connectivity index (χ0v) is 11.6. The minimum atomic E-state index is 0.154. The van der Waals surface area contributed by atoms with Crippen molar-refractivity contribution < 1.29 is 4.79 Å². The first-order valence-corrected chi connectivity index (χ1v) is 7.45. The number of amides is 1. The molecule has 0 bridgehead atoms. The second-order valence-electron chi connectivity index (χ2n) is 4.67. The van der Waals surface area contributed by atoms with Gasteiger partial charge in [-0.15, -0.1) is 0 Å². The van der Waals surface area contributed by atoms with Gasteiger partial charge in [-0.2, -0.15) is 11.8 Å². The van der Waals surface area contributed by atoms with Gasteiger partial charge in [0.2, 0.25) is 0 Å². The predicted molar refractivity (Wildman–Crippen MR) is 77.0 cm³/mol. The molecule has 0 radical (unpaired) electrons. The first-order valence-electron chi connectivity index (χ1n) is 6.40. The SMILES string of the molecule is CC1CN(C(=O)c2ccc(CCN)cc2)CCS1. The van der Waals surface area contributed by atoms with E-state index in [1.807, 2.05) is 40.9 Å². The lowest BCUT2D eigenvalue weighted by Crippen LogP contribution is -2.41. The van der Waals surface area contributed by atoms with Crippen molar-refractivity contribution >= 4 is 17.7 Å². The molecule has 4 heteroatoms. The van der Waals surface area contributed by atoms with Gasteiger partial charge in [-0.25, -0.2) is 0 Å². The molecule has 1 aliphatic heterocycles. The summed E-state index contributed by atoms with van der Waals surface area (Å²) in [6.45, 7) is 4.54. The van der Waals surface area contributed by atoms with E-state index in [2.05, 4.69) is 6.92 Å². The Bertz CT molecular complexity index is 405. The molecule has 1 fully saturated rings. The van der Waals surface area contributed by atoms with E-state index < -0.39 is 0 Å². The summed E-state index contributed by atoms with van der Waals surface area (Å²) >= 11 is 1.94. The van der Waals surface area contributed by atoms with Crippen LogP contribution in [-0.2, 0) is 6.42 Å². The van der Waals surface area contributed by atoms with Crippen molar-refractivity contribution in [2.75, 3.05) is 25.4 Å². The van der Waals surface area contributed by atoms with E-state index in [0.717, 1.165) is 30.8 Å². The van der Waals surface area contributed by atoms with Crippen LogP contribution in [0.2, 0.25) is 0 Å². The highest BCUT2D eigenvalue weighted by Gasteiger charge is 2.22.